The number of hydrogen-bond donors (Lipinski definition) is 1. The predicted molar refractivity (Wildman–Crippen MR) is 81.9 cm³/mol. The number of rotatable bonds is 9. The maximum Gasteiger partial charge on any atom is 0.251 e. The molecule has 4 nitrogen and oxygen atoms in total. The van der Waals surface area contributed by atoms with Gasteiger partial charge in [0.15, 0.2) is 0 Å². The van der Waals surface area contributed by atoms with Crippen LogP contribution in [0.15, 0.2) is 24.3 Å². The molecule has 0 spiro atoms. The van der Waals surface area contributed by atoms with Gasteiger partial charge < -0.3 is 10.1 Å². The van der Waals surface area contributed by atoms with E-state index in [0.29, 0.717) is 18.7 Å². The van der Waals surface area contributed by atoms with Crippen molar-refractivity contribution in [3.05, 3.63) is 35.4 Å². The first kappa shape index (κ1) is 16.7. The smallest absolute Gasteiger partial charge is 0.251 e. The zero-order valence-electron chi connectivity index (χ0n) is 12.8. The lowest BCUT2D eigenvalue weighted by Gasteiger charge is -2.18. The summed E-state index contributed by atoms with van der Waals surface area (Å²) in [5, 5.41) is 2.89. The molecule has 0 unspecified atom stereocenters. The number of methoxy groups -OCH3 is 1. The van der Waals surface area contributed by atoms with Gasteiger partial charge in [-0.1, -0.05) is 26.0 Å². The molecule has 0 aliphatic carbocycles. The summed E-state index contributed by atoms with van der Waals surface area (Å²) in [4.78, 5) is 14.2. The van der Waals surface area contributed by atoms with E-state index >= 15 is 0 Å². The highest BCUT2D eigenvalue weighted by Gasteiger charge is 2.06. The van der Waals surface area contributed by atoms with E-state index in [-0.39, 0.29) is 5.91 Å². The third-order valence-corrected chi connectivity index (χ3v) is 3.33. The van der Waals surface area contributed by atoms with Gasteiger partial charge in [-0.05, 0) is 37.2 Å². The van der Waals surface area contributed by atoms with Gasteiger partial charge in [-0.3, -0.25) is 9.69 Å². The number of amides is 1. The van der Waals surface area contributed by atoms with Crippen molar-refractivity contribution in [1.29, 1.82) is 0 Å². The number of hydrogen-bond acceptors (Lipinski definition) is 3. The molecule has 4 heteroatoms. The van der Waals surface area contributed by atoms with Crippen molar-refractivity contribution in [1.82, 2.24) is 10.2 Å². The molecule has 1 aromatic carbocycles. The molecule has 0 saturated carbocycles. The van der Waals surface area contributed by atoms with E-state index in [2.05, 4.69) is 24.1 Å². The lowest BCUT2D eigenvalue weighted by molar-refractivity contribution is 0.0948. The summed E-state index contributed by atoms with van der Waals surface area (Å²) >= 11 is 0. The van der Waals surface area contributed by atoms with Crippen LogP contribution in [0.1, 0.15) is 36.2 Å². The van der Waals surface area contributed by atoms with Gasteiger partial charge in [-0.15, -0.1) is 0 Å². The van der Waals surface area contributed by atoms with Crippen molar-refractivity contribution in [2.24, 2.45) is 0 Å². The molecule has 0 aliphatic heterocycles. The van der Waals surface area contributed by atoms with Crippen LogP contribution in [0, 0.1) is 0 Å². The molecule has 0 radical (unpaired) electrons. The molecular formula is C16H26N2O2. The van der Waals surface area contributed by atoms with E-state index in [1.807, 2.05) is 24.3 Å². The highest BCUT2D eigenvalue weighted by atomic mass is 16.5. The minimum absolute atomic E-state index is 0.0181. The van der Waals surface area contributed by atoms with Crippen molar-refractivity contribution in [2.45, 2.75) is 26.8 Å². The summed E-state index contributed by atoms with van der Waals surface area (Å²) in [6.07, 6.45) is 0.836. The summed E-state index contributed by atoms with van der Waals surface area (Å²) in [6, 6.07) is 7.85. The standard InChI is InChI=1S/C16H26N2O2/c1-4-18(5-2)13-14-7-9-15(10-8-14)16(19)17-11-6-12-20-3/h7-10H,4-6,11-13H2,1-3H3,(H,17,19). The average molecular weight is 278 g/mol. The number of nitrogens with zero attached hydrogens (tertiary/aromatic N) is 1. The quantitative estimate of drug-likeness (QED) is 0.705. The Morgan fingerprint density at radius 3 is 2.40 bits per heavy atom. The third kappa shape index (κ3) is 5.72. The molecule has 0 aromatic heterocycles. The van der Waals surface area contributed by atoms with Crippen LogP contribution < -0.4 is 5.32 Å². The van der Waals surface area contributed by atoms with E-state index < -0.39 is 0 Å². The van der Waals surface area contributed by atoms with Gasteiger partial charge in [0.05, 0.1) is 0 Å². The lowest BCUT2D eigenvalue weighted by Crippen LogP contribution is -2.25. The lowest BCUT2D eigenvalue weighted by atomic mass is 10.1. The first-order valence-corrected chi connectivity index (χ1v) is 7.29. The molecule has 0 saturated heterocycles. The van der Waals surface area contributed by atoms with E-state index in [9.17, 15) is 4.79 Å². The average Bonchev–Trinajstić information content (AvgIpc) is 2.49. The van der Waals surface area contributed by atoms with Crippen LogP contribution >= 0.6 is 0 Å². The van der Waals surface area contributed by atoms with Crippen LogP contribution in [0.25, 0.3) is 0 Å². The summed E-state index contributed by atoms with van der Waals surface area (Å²) in [7, 11) is 1.66. The Kier molecular flexibility index (Phi) is 7.92. The molecule has 0 aliphatic rings. The minimum atomic E-state index is -0.0181. The second-order valence-electron chi connectivity index (χ2n) is 4.76. The number of ether oxygens (including phenoxy) is 1. The molecule has 1 amide bonds. The fraction of sp³-hybridized carbons (Fsp3) is 0.562. The maximum atomic E-state index is 11.9. The van der Waals surface area contributed by atoms with Crippen LogP contribution in [0.2, 0.25) is 0 Å². The Morgan fingerprint density at radius 1 is 1.20 bits per heavy atom. The predicted octanol–water partition coefficient (Wildman–Crippen LogP) is 2.29. The topological polar surface area (TPSA) is 41.6 Å². The molecule has 112 valence electrons. The normalized spacial score (nSPS) is 10.8. The first-order valence-electron chi connectivity index (χ1n) is 7.29. The van der Waals surface area contributed by atoms with Crippen molar-refractivity contribution in [2.75, 3.05) is 33.4 Å². The van der Waals surface area contributed by atoms with Gasteiger partial charge in [-0.25, -0.2) is 0 Å². The second kappa shape index (κ2) is 9.50. The Bertz CT molecular complexity index is 386. The van der Waals surface area contributed by atoms with Crippen LogP contribution in [0.3, 0.4) is 0 Å². The third-order valence-electron chi connectivity index (χ3n) is 3.33. The maximum absolute atomic E-state index is 11.9. The van der Waals surface area contributed by atoms with Crippen LogP contribution in [-0.2, 0) is 11.3 Å². The summed E-state index contributed by atoms with van der Waals surface area (Å²) < 4.78 is 4.95. The summed E-state index contributed by atoms with van der Waals surface area (Å²) in [5.41, 5.74) is 1.95. The van der Waals surface area contributed by atoms with E-state index in [1.165, 1.54) is 5.56 Å². The fourth-order valence-electron chi connectivity index (χ4n) is 1.99. The number of carbonyl (C=O) groups is 1. The molecule has 20 heavy (non-hydrogen) atoms. The zero-order valence-corrected chi connectivity index (χ0v) is 12.8. The molecular weight excluding hydrogens is 252 g/mol. The van der Waals surface area contributed by atoms with Crippen LogP contribution in [-0.4, -0.2) is 44.2 Å². The molecule has 0 atom stereocenters. The SMILES string of the molecule is CCN(CC)Cc1ccc(C(=O)NCCCOC)cc1. The van der Waals surface area contributed by atoms with Crippen molar-refractivity contribution in [3.63, 3.8) is 0 Å². The molecule has 1 rings (SSSR count). The van der Waals surface area contributed by atoms with Crippen molar-refractivity contribution < 1.29 is 9.53 Å². The Labute approximate surface area is 122 Å². The van der Waals surface area contributed by atoms with Gasteiger partial charge in [0, 0.05) is 32.4 Å². The number of nitrogens with one attached hydrogen (secondary N) is 1. The van der Waals surface area contributed by atoms with Crippen LogP contribution in [0.5, 0.6) is 0 Å². The Morgan fingerprint density at radius 2 is 1.85 bits per heavy atom. The molecule has 1 aromatic rings. The van der Waals surface area contributed by atoms with Crippen molar-refractivity contribution >= 4 is 5.91 Å². The van der Waals surface area contributed by atoms with Crippen LogP contribution in [0.4, 0.5) is 0 Å². The second-order valence-corrected chi connectivity index (χ2v) is 4.76. The Balaban J connectivity index is 2.46. The summed E-state index contributed by atoms with van der Waals surface area (Å²) in [6.45, 7) is 8.65. The molecule has 1 N–H and O–H groups in total. The zero-order chi connectivity index (χ0) is 14.8. The fourth-order valence-corrected chi connectivity index (χ4v) is 1.99. The van der Waals surface area contributed by atoms with E-state index in [1.54, 1.807) is 7.11 Å². The van der Waals surface area contributed by atoms with E-state index in [4.69, 9.17) is 4.74 Å². The number of carbonyl (C=O) groups excluding carboxylic acids is 1. The van der Waals surface area contributed by atoms with Crippen molar-refractivity contribution in [3.8, 4) is 0 Å². The molecule has 0 fully saturated rings. The van der Waals surface area contributed by atoms with Gasteiger partial charge in [-0.2, -0.15) is 0 Å². The van der Waals surface area contributed by atoms with Gasteiger partial charge in [0.25, 0.3) is 5.91 Å². The van der Waals surface area contributed by atoms with Gasteiger partial charge in [0.2, 0.25) is 0 Å². The van der Waals surface area contributed by atoms with Gasteiger partial charge in [0.1, 0.15) is 0 Å². The molecule has 0 heterocycles. The largest absolute Gasteiger partial charge is 0.385 e. The Hall–Kier alpha value is -1.39. The van der Waals surface area contributed by atoms with Gasteiger partial charge >= 0.3 is 0 Å². The number of benzene rings is 1. The monoisotopic (exact) mass is 278 g/mol. The summed E-state index contributed by atoms with van der Waals surface area (Å²) in [5.74, 6) is -0.0181. The van der Waals surface area contributed by atoms with E-state index in [0.717, 1.165) is 26.1 Å². The first-order chi connectivity index (χ1) is 9.71. The highest BCUT2D eigenvalue weighted by Crippen LogP contribution is 2.07. The highest BCUT2D eigenvalue weighted by molar-refractivity contribution is 5.94. The minimum Gasteiger partial charge on any atom is -0.385 e. The molecule has 0 bridgehead atoms.